The van der Waals surface area contributed by atoms with E-state index in [0.29, 0.717) is 12.8 Å². The van der Waals surface area contributed by atoms with Crippen LogP contribution in [0.15, 0.2) is 109 Å². The summed E-state index contributed by atoms with van der Waals surface area (Å²) in [5, 5.41) is 57.2. The Labute approximate surface area is 507 Å². The first-order chi connectivity index (χ1) is 40.7. The highest BCUT2D eigenvalue weighted by Crippen LogP contribution is 2.26. The van der Waals surface area contributed by atoms with Crippen LogP contribution in [0.1, 0.15) is 271 Å². The van der Waals surface area contributed by atoms with Crippen LogP contribution in [-0.4, -0.2) is 99.6 Å². The minimum atomic E-state index is -1.63. The Hall–Kier alpha value is -3.68. The molecule has 0 saturated carbocycles. The van der Waals surface area contributed by atoms with E-state index in [2.05, 4.69) is 123 Å². The lowest BCUT2D eigenvalue weighted by atomic mass is 9.99. The number of aliphatic hydroxyl groups excluding tert-OH is 5. The number of carbonyl (C=O) groups excluding carboxylic acids is 2. The van der Waals surface area contributed by atoms with E-state index in [-0.39, 0.29) is 19.4 Å². The molecule has 0 aromatic rings. The van der Waals surface area contributed by atoms with Crippen molar-refractivity contribution < 1.29 is 49.3 Å². The van der Waals surface area contributed by atoms with Crippen molar-refractivity contribution in [3.63, 3.8) is 0 Å². The standard InChI is InChI=1S/C72H123NO10/c1-4-7-10-13-16-19-22-25-27-29-30-31-32-33-34-35-37-38-41-44-47-50-53-56-59-65(76)71(80)73-63(64(75)58-55-52-49-46-43-40-24-21-18-15-12-9-6-3)62-81-72-70(69(79)68(78)66(61-74)82-72)83-67(77)60-57-54-51-48-45-42-39-36-28-26-23-20-17-14-11-8-5-2/h7,10,16-17,19-20,25-28,30-31,33-34,39,42,55,58,63-66,68-70,72,74-76,78-79H,4-6,8-9,11-15,18,21-24,29,32,35-38,40-41,43-54,56-57,59-62H2,1-3H3,(H,73,80)/b10-7-,19-16-,20-17-,27-25-,28-26-,31-30-,34-33-,42-39-,58-55+. The average Bonchev–Trinajstić information content (AvgIpc) is 3.67. The first-order valence-electron chi connectivity index (χ1n) is 33.7. The van der Waals surface area contributed by atoms with Crippen LogP contribution in [0.2, 0.25) is 0 Å². The van der Waals surface area contributed by atoms with Crippen LogP contribution in [0.3, 0.4) is 0 Å². The van der Waals surface area contributed by atoms with Crippen molar-refractivity contribution in [2.24, 2.45) is 0 Å². The van der Waals surface area contributed by atoms with Gasteiger partial charge in [0.15, 0.2) is 12.4 Å². The zero-order valence-corrected chi connectivity index (χ0v) is 52.8. The fourth-order valence-corrected chi connectivity index (χ4v) is 9.86. The number of ether oxygens (including phenoxy) is 3. The molecule has 0 aliphatic carbocycles. The van der Waals surface area contributed by atoms with Gasteiger partial charge in [-0.1, -0.05) is 265 Å². The second-order valence-corrected chi connectivity index (χ2v) is 22.8. The molecule has 0 aromatic heterocycles. The number of aliphatic hydroxyl groups is 5. The van der Waals surface area contributed by atoms with Gasteiger partial charge >= 0.3 is 5.97 Å². The van der Waals surface area contributed by atoms with Gasteiger partial charge in [-0.05, 0) is 109 Å². The molecule has 1 aliphatic heterocycles. The number of hydrogen-bond acceptors (Lipinski definition) is 10. The van der Waals surface area contributed by atoms with Crippen LogP contribution in [0.5, 0.6) is 0 Å². The highest BCUT2D eigenvalue weighted by atomic mass is 16.7. The fraction of sp³-hybridized carbons (Fsp3) is 0.722. The lowest BCUT2D eigenvalue weighted by Gasteiger charge is -2.41. The third-order valence-electron chi connectivity index (χ3n) is 15.2. The van der Waals surface area contributed by atoms with Gasteiger partial charge in [0.25, 0.3) is 0 Å². The molecule has 11 nitrogen and oxygen atoms in total. The van der Waals surface area contributed by atoms with Crippen LogP contribution < -0.4 is 5.32 Å². The van der Waals surface area contributed by atoms with Crippen molar-refractivity contribution in [2.45, 2.75) is 320 Å². The number of nitrogens with one attached hydrogen (secondary N) is 1. The smallest absolute Gasteiger partial charge is 0.306 e. The Morgan fingerprint density at radius 2 is 0.867 bits per heavy atom. The summed E-state index contributed by atoms with van der Waals surface area (Å²) in [6.45, 7) is 5.64. The van der Waals surface area contributed by atoms with Gasteiger partial charge in [0.2, 0.25) is 5.91 Å². The molecule has 0 radical (unpaired) electrons. The maximum atomic E-state index is 13.5. The van der Waals surface area contributed by atoms with Crippen LogP contribution in [0, 0.1) is 0 Å². The normalized spacial score (nSPS) is 19.3. The molecular weight excluding hydrogens is 1040 g/mol. The van der Waals surface area contributed by atoms with Gasteiger partial charge < -0.3 is 45.1 Å². The molecule has 1 rings (SSSR count). The van der Waals surface area contributed by atoms with Gasteiger partial charge in [-0.2, -0.15) is 0 Å². The summed E-state index contributed by atoms with van der Waals surface area (Å²) in [6.07, 6.45) is 69.7. The quantitative estimate of drug-likeness (QED) is 0.0195. The second-order valence-electron chi connectivity index (χ2n) is 22.8. The van der Waals surface area contributed by atoms with Crippen molar-refractivity contribution in [3.8, 4) is 0 Å². The summed E-state index contributed by atoms with van der Waals surface area (Å²) < 4.78 is 17.6. The van der Waals surface area contributed by atoms with Gasteiger partial charge in [0.05, 0.1) is 25.4 Å². The molecule has 6 N–H and O–H groups in total. The molecule has 1 heterocycles. The lowest BCUT2D eigenvalue weighted by Crippen LogP contribution is -2.61. The van der Waals surface area contributed by atoms with E-state index in [1.165, 1.54) is 96.3 Å². The average molecular weight is 1160 g/mol. The highest BCUT2D eigenvalue weighted by Gasteiger charge is 2.47. The Balaban J connectivity index is 2.65. The number of hydrogen-bond donors (Lipinski definition) is 6. The SMILES string of the molecule is CC/C=C\C/C=C\C/C=C\C/C=C\C/C=C\CCCCCCCCCCC(O)C(=O)NC(COC1OC(CO)C(O)C(O)C1OC(=O)CCCCCC/C=C\C/C=C\C/C=C\CCCCC)C(O)/C=C/CCCCCCCCCCCCC. The molecule has 1 saturated heterocycles. The Bertz CT molecular complexity index is 1770. The number of esters is 1. The molecule has 11 heteroatoms. The summed E-state index contributed by atoms with van der Waals surface area (Å²) >= 11 is 0. The van der Waals surface area contributed by atoms with E-state index < -0.39 is 67.4 Å². The van der Waals surface area contributed by atoms with Crippen LogP contribution in [-0.2, 0) is 23.8 Å². The topological polar surface area (TPSA) is 175 Å². The van der Waals surface area contributed by atoms with Crippen molar-refractivity contribution in [3.05, 3.63) is 109 Å². The van der Waals surface area contributed by atoms with Gasteiger partial charge in [-0.3, -0.25) is 9.59 Å². The number of rotatable bonds is 56. The summed E-state index contributed by atoms with van der Waals surface area (Å²) in [4.78, 5) is 26.6. The molecule has 1 fully saturated rings. The summed E-state index contributed by atoms with van der Waals surface area (Å²) in [5.74, 6) is -1.23. The molecule has 1 aliphatic rings. The zero-order valence-electron chi connectivity index (χ0n) is 52.8. The Kier molecular flexibility index (Phi) is 54.7. The Morgan fingerprint density at radius 1 is 0.482 bits per heavy atom. The largest absolute Gasteiger partial charge is 0.454 e. The number of allylic oxidation sites excluding steroid dienone is 17. The number of carbonyl (C=O) groups is 2. The number of unbranched alkanes of at least 4 members (excludes halogenated alkanes) is 26. The van der Waals surface area contributed by atoms with E-state index >= 15 is 0 Å². The van der Waals surface area contributed by atoms with E-state index in [0.717, 1.165) is 128 Å². The summed E-state index contributed by atoms with van der Waals surface area (Å²) in [7, 11) is 0. The molecule has 8 atom stereocenters. The maximum absolute atomic E-state index is 13.5. The van der Waals surface area contributed by atoms with E-state index in [4.69, 9.17) is 14.2 Å². The van der Waals surface area contributed by atoms with E-state index in [9.17, 15) is 35.1 Å². The summed E-state index contributed by atoms with van der Waals surface area (Å²) in [5.41, 5.74) is 0. The van der Waals surface area contributed by atoms with Gasteiger partial charge in [0.1, 0.15) is 24.4 Å². The third kappa shape index (κ3) is 46.2. The highest BCUT2D eigenvalue weighted by molar-refractivity contribution is 5.80. The van der Waals surface area contributed by atoms with Crippen molar-refractivity contribution in [1.29, 1.82) is 0 Å². The first-order valence-corrected chi connectivity index (χ1v) is 33.7. The Morgan fingerprint density at radius 3 is 1.33 bits per heavy atom. The van der Waals surface area contributed by atoms with Crippen LogP contribution in [0.4, 0.5) is 0 Å². The fourth-order valence-electron chi connectivity index (χ4n) is 9.86. The first kappa shape index (κ1) is 77.3. The minimum Gasteiger partial charge on any atom is -0.454 e. The van der Waals surface area contributed by atoms with Gasteiger partial charge in [0, 0.05) is 6.42 Å². The summed E-state index contributed by atoms with van der Waals surface area (Å²) in [6, 6.07) is -1.04. The third-order valence-corrected chi connectivity index (χ3v) is 15.2. The molecule has 476 valence electrons. The maximum Gasteiger partial charge on any atom is 0.306 e. The van der Waals surface area contributed by atoms with Gasteiger partial charge in [-0.15, -0.1) is 0 Å². The van der Waals surface area contributed by atoms with Crippen LogP contribution >= 0.6 is 0 Å². The van der Waals surface area contributed by atoms with Crippen LogP contribution in [0.25, 0.3) is 0 Å². The molecule has 0 spiro atoms. The van der Waals surface area contributed by atoms with Crippen molar-refractivity contribution >= 4 is 11.9 Å². The molecule has 83 heavy (non-hydrogen) atoms. The van der Waals surface area contributed by atoms with Gasteiger partial charge in [-0.25, -0.2) is 0 Å². The molecule has 0 bridgehead atoms. The predicted molar refractivity (Wildman–Crippen MR) is 347 cm³/mol. The molecule has 1 amide bonds. The van der Waals surface area contributed by atoms with Crippen molar-refractivity contribution in [1.82, 2.24) is 5.32 Å². The minimum absolute atomic E-state index is 0.0926. The number of amides is 1. The molecular formula is C72H123NO10. The van der Waals surface area contributed by atoms with E-state index in [1.54, 1.807) is 6.08 Å². The van der Waals surface area contributed by atoms with E-state index in [1.807, 2.05) is 6.08 Å². The zero-order chi connectivity index (χ0) is 60.3. The second kappa shape index (κ2) is 58.7. The predicted octanol–water partition coefficient (Wildman–Crippen LogP) is 16.8. The van der Waals surface area contributed by atoms with Crippen molar-refractivity contribution in [2.75, 3.05) is 13.2 Å². The monoisotopic (exact) mass is 1160 g/mol. The molecule has 8 unspecified atom stereocenters. The lowest BCUT2D eigenvalue weighted by molar-refractivity contribution is -0.305. The molecule has 0 aromatic carbocycles.